The van der Waals surface area contributed by atoms with Gasteiger partial charge in [-0.15, -0.1) is 0 Å². The maximum atomic E-state index is 13.1. The Balaban J connectivity index is 1.18. The summed E-state index contributed by atoms with van der Waals surface area (Å²) in [5, 5.41) is 0. The van der Waals surface area contributed by atoms with Crippen LogP contribution in [0.4, 0.5) is 10.1 Å². The minimum atomic E-state index is -0.266. The number of anilines is 1. The van der Waals surface area contributed by atoms with Crippen molar-refractivity contribution in [2.45, 2.75) is 25.8 Å². The smallest absolute Gasteiger partial charge is 0.408 e. The molecule has 0 saturated carbocycles. The third-order valence-corrected chi connectivity index (χ3v) is 5.49. The van der Waals surface area contributed by atoms with Crippen molar-refractivity contribution in [3.8, 4) is 0 Å². The molecule has 2 heterocycles. The summed E-state index contributed by atoms with van der Waals surface area (Å²) in [7, 11) is 0. The summed E-state index contributed by atoms with van der Waals surface area (Å²) in [5.41, 5.74) is 2.63. The van der Waals surface area contributed by atoms with Crippen molar-refractivity contribution < 1.29 is 8.81 Å². The van der Waals surface area contributed by atoms with E-state index in [0.29, 0.717) is 12.1 Å². The monoisotopic (exact) mass is 383 g/mol. The van der Waals surface area contributed by atoms with Gasteiger partial charge in [0.1, 0.15) is 5.82 Å². The average molecular weight is 383 g/mol. The fraction of sp³-hybridized carbons (Fsp3) is 0.409. The second kappa shape index (κ2) is 8.61. The molecule has 1 fully saturated rings. The molecule has 0 aliphatic carbocycles. The Kier molecular flexibility index (Phi) is 5.76. The summed E-state index contributed by atoms with van der Waals surface area (Å²) < 4.78 is 20.1. The van der Waals surface area contributed by atoms with Gasteiger partial charge in [-0.1, -0.05) is 18.6 Å². The van der Waals surface area contributed by atoms with E-state index in [1.54, 1.807) is 4.57 Å². The minimum absolute atomic E-state index is 0.187. The van der Waals surface area contributed by atoms with Crippen molar-refractivity contribution >= 4 is 16.8 Å². The number of rotatable bonds is 7. The normalized spacial score (nSPS) is 15.4. The predicted octanol–water partition coefficient (Wildman–Crippen LogP) is 3.73. The lowest BCUT2D eigenvalue weighted by atomic mass is 10.2. The standard InChI is InChI=1S/C22H26FN3O2/c23-18-8-10-19(11-9-18)25-16-14-24(15-17-25)12-4-1-5-13-26-20-6-2-3-7-21(20)28-22(26)27/h2-3,6-11H,1,4-5,12-17H2. The molecule has 1 aromatic heterocycles. The molecule has 0 N–H and O–H groups in total. The molecule has 0 bridgehead atoms. The number of oxazole rings is 1. The second-order valence-electron chi connectivity index (χ2n) is 7.35. The summed E-state index contributed by atoms with van der Waals surface area (Å²) >= 11 is 0. The van der Waals surface area contributed by atoms with Gasteiger partial charge in [-0.2, -0.15) is 0 Å². The number of piperazine rings is 1. The van der Waals surface area contributed by atoms with Crippen LogP contribution in [0.3, 0.4) is 0 Å². The van der Waals surface area contributed by atoms with Gasteiger partial charge in [0, 0.05) is 38.4 Å². The van der Waals surface area contributed by atoms with E-state index < -0.39 is 0 Å². The van der Waals surface area contributed by atoms with Crippen LogP contribution in [0.1, 0.15) is 19.3 Å². The molecule has 2 aromatic carbocycles. The maximum Gasteiger partial charge on any atom is 0.419 e. The number of benzene rings is 2. The van der Waals surface area contributed by atoms with Gasteiger partial charge in [0.15, 0.2) is 5.58 Å². The molecule has 6 heteroatoms. The molecule has 1 aliphatic heterocycles. The van der Waals surface area contributed by atoms with Gasteiger partial charge < -0.3 is 9.32 Å². The van der Waals surface area contributed by atoms with E-state index in [4.69, 9.17) is 4.42 Å². The molecule has 0 unspecified atom stereocenters. The van der Waals surface area contributed by atoms with Crippen molar-refractivity contribution in [3.63, 3.8) is 0 Å². The minimum Gasteiger partial charge on any atom is -0.408 e. The van der Waals surface area contributed by atoms with Crippen molar-refractivity contribution in [1.29, 1.82) is 0 Å². The van der Waals surface area contributed by atoms with Gasteiger partial charge in [0.25, 0.3) is 0 Å². The van der Waals surface area contributed by atoms with Crippen molar-refractivity contribution in [1.82, 2.24) is 9.47 Å². The molecular weight excluding hydrogens is 357 g/mol. The number of aromatic nitrogens is 1. The first-order valence-electron chi connectivity index (χ1n) is 10.0. The highest BCUT2D eigenvalue weighted by atomic mass is 19.1. The zero-order valence-electron chi connectivity index (χ0n) is 16.0. The topological polar surface area (TPSA) is 41.6 Å². The zero-order valence-corrected chi connectivity index (χ0v) is 16.0. The fourth-order valence-corrected chi connectivity index (χ4v) is 3.89. The number of fused-ring (bicyclic) bond motifs is 1. The van der Waals surface area contributed by atoms with Crippen molar-refractivity contribution in [3.05, 3.63) is 64.9 Å². The first-order chi connectivity index (χ1) is 13.7. The van der Waals surface area contributed by atoms with Gasteiger partial charge in [-0.3, -0.25) is 9.47 Å². The summed E-state index contributed by atoms with van der Waals surface area (Å²) in [6, 6.07) is 14.3. The summed E-state index contributed by atoms with van der Waals surface area (Å²) in [6.45, 7) is 5.79. The Hall–Kier alpha value is -2.60. The molecule has 4 rings (SSSR count). The summed E-state index contributed by atoms with van der Waals surface area (Å²) in [4.78, 5) is 16.8. The van der Waals surface area contributed by atoms with Gasteiger partial charge in [0.05, 0.1) is 5.52 Å². The highest BCUT2D eigenvalue weighted by Crippen LogP contribution is 2.17. The van der Waals surface area contributed by atoms with E-state index in [9.17, 15) is 9.18 Å². The number of para-hydroxylation sites is 2. The molecule has 0 atom stereocenters. The molecule has 28 heavy (non-hydrogen) atoms. The summed E-state index contributed by atoms with van der Waals surface area (Å²) in [6.07, 6.45) is 3.18. The van der Waals surface area contributed by atoms with Crippen LogP contribution in [0, 0.1) is 5.82 Å². The molecule has 0 spiro atoms. The van der Waals surface area contributed by atoms with E-state index in [1.165, 1.54) is 12.1 Å². The van der Waals surface area contributed by atoms with E-state index in [2.05, 4.69) is 9.80 Å². The summed E-state index contributed by atoms with van der Waals surface area (Å²) in [5.74, 6) is -0.453. The third kappa shape index (κ3) is 4.28. The predicted molar refractivity (Wildman–Crippen MR) is 109 cm³/mol. The van der Waals surface area contributed by atoms with E-state index in [1.807, 2.05) is 36.4 Å². The van der Waals surface area contributed by atoms with Crippen LogP contribution < -0.4 is 10.7 Å². The maximum absolute atomic E-state index is 13.1. The van der Waals surface area contributed by atoms with E-state index in [0.717, 1.165) is 63.2 Å². The van der Waals surface area contributed by atoms with Gasteiger partial charge >= 0.3 is 5.76 Å². The fourth-order valence-electron chi connectivity index (χ4n) is 3.89. The molecule has 148 valence electrons. The third-order valence-electron chi connectivity index (χ3n) is 5.49. The molecular formula is C22H26FN3O2. The Morgan fingerprint density at radius 1 is 0.857 bits per heavy atom. The number of halogens is 1. The molecule has 5 nitrogen and oxygen atoms in total. The van der Waals surface area contributed by atoms with Crippen LogP contribution in [0.2, 0.25) is 0 Å². The van der Waals surface area contributed by atoms with Crippen molar-refractivity contribution in [2.24, 2.45) is 0 Å². The van der Waals surface area contributed by atoms with Crippen LogP contribution in [0.25, 0.3) is 11.1 Å². The Bertz CT molecular complexity index is 956. The Morgan fingerprint density at radius 2 is 1.57 bits per heavy atom. The first kappa shape index (κ1) is 18.7. The zero-order chi connectivity index (χ0) is 19.3. The molecule has 1 aliphatic rings. The van der Waals surface area contributed by atoms with Crippen LogP contribution in [0.5, 0.6) is 0 Å². The SMILES string of the molecule is O=c1oc2ccccc2n1CCCCCN1CCN(c2ccc(F)cc2)CC1. The number of unbranched alkanes of at least 4 members (excludes halogenated alkanes) is 2. The number of nitrogens with zero attached hydrogens (tertiary/aromatic N) is 3. The van der Waals surface area contributed by atoms with E-state index >= 15 is 0 Å². The lowest BCUT2D eigenvalue weighted by molar-refractivity contribution is 0.251. The lowest BCUT2D eigenvalue weighted by Crippen LogP contribution is -2.46. The van der Waals surface area contributed by atoms with Crippen molar-refractivity contribution in [2.75, 3.05) is 37.6 Å². The number of aryl methyl sites for hydroxylation is 1. The first-order valence-corrected chi connectivity index (χ1v) is 10.0. The van der Waals surface area contributed by atoms with Gasteiger partial charge in [0.2, 0.25) is 0 Å². The largest absolute Gasteiger partial charge is 0.419 e. The van der Waals surface area contributed by atoms with Gasteiger partial charge in [-0.25, -0.2) is 9.18 Å². The number of hydrogen-bond acceptors (Lipinski definition) is 4. The molecule has 3 aromatic rings. The lowest BCUT2D eigenvalue weighted by Gasteiger charge is -2.36. The highest BCUT2D eigenvalue weighted by molar-refractivity contribution is 5.72. The quantitative estimate of drug-likeness (QED) is 0.583. The van der Waals surface area contributed by atoms with Crippen LogP contribution in [-0.2, 0) is 6.54 Å². The van der Waals surface area contributed by atoms with Gasteiger partial charge in [-0.05, 0) is 55.8 Å². The Morgan fingerprint density at radius 3 is 2.36 bits per heavy atom. The van der Waals surface area contributed by atoms with Crippen LogP contribution >= 0.6 is 0 Å². The van der Waals surface area contributed by atoms with E-state index in [-0.39, 0.29) is 11.6 Å². The molecule has 1 saturated heterocycles. The van der Waals surface area contributed by atoms with Crippen LogP contribution in [-0.4, -0.2) is 42.2 Å². The second-order valence-corrected chi connectivity index (χ2v) is 7.35. The Labute approximate surface area is 164 Å². The van der Waals surface area contributed by atoms with Crippen LogP contribution in [0.15, 0.2) is 57.7 Å². The molecule has 0 radical (unpaired) electrons. The average Bonchev–Trinajstić information content (AvgIpc) is 3.04. The number of hydrogen-bond donors (Lipinski definition) is 0. The highest BCUT2D eigenvalue weighted by Gasteiger charge is 2.16. The molecule has 0 amide bonds.